The van der Waals surface area contributed by atoms with Crippen LogP contribution in [-0.2, 0) is 0 Å². The van der Waals surface area contributed by atoms with Gasteiger partial charge in [-0.05, 0) is 49.9 Å². The van der Waals surface area contributed by atoms with Crippen LogP contribution in [-0.4, -0.2) is 18.9 Å². The van der Waals surface area contributed by atoms with Gasteiger partial charge in [0.15, 0.2) is 5.78 Å². The molecule has 5 nitrogen and oxygen atoms in total. The first-order valence-corrected chi connectivity index (χ1v) is 6.17. The molecule has 0 saturated carbocycles. The molecule has 1 fully saturated rings. The van der Waals surface area contributed by atoms with E-state index < -0.39 is 0 Å². The summed E-state index contributed by atoms with van der Waals surface area (Å²) >= 11 is 0. The number of azide groups is 1. The quantitative estimate of drug-likeness (QED) is 0.351. The summed E-state index contributed by atoms with van der Waals surface area (Å²) in [6.07, 6.45) is 3.56. The molecule has 1 saturated heterocycles. The fourth-order valence-electron chi connectivity index (χ4n) is 2.27. The maximum atomic E-state index is 11.3. The number of nitrogens with zero attached hydrogens (tertiary/aromatic N) is 4. The minimum Gasteiger partial charge on any atom is -0.371 e. The average molecular weight is 244 g/mol. The highest BCUT2D eigenvalue weighted by molar-refractivity contribution is 5.96. The van der Waals surface area contributed by atoms with Crippen LogP contribution < -0.4 is 4.90 Å². The number of benzene rings is 1. The highest BCUT2D eigenvalue weighted by Gasteiger charge is 2.14. The molecule has 0 aliphatic carbocycles. The monoisotopic (exact) mass is 244 g/mol. The van der Waals surface area contributed by atoms with Crippen molar-refractivity contribution in [1.29, 1.82) is 0 Å². The van der Waals surface area contributed by atoms with Gasteiger partial charge < -0.3 is 4.90 Å². The lowest BCUT2D eigenvalue weighted by molar-refractivity contribution is 0.101. The van der Waals surface area contributed by atoms with Crippen molar-refractivity contribution in [3.05, 3.63) is 34.2 Å². The highest BCUT2D eigenvalue weighted by Crippen LogP contribution is 2.32. The van der Waals surface area contributed by atoms with Gasteiger partial charge in [0, 0.05) is 29.3 Å². The maximum Gasteiger partial charge on any atom is 0.159 e. The standard InChI is InChI=1S/C13H16N4O/c1-10(18)11-5-6-13(12(9-11)15-16-14)17-7-3-2-4-8-17/h5-6,9H,2-4,7-8H2,1H3. The van der Waals surface area contributed by atoms with Crippen molar-refractivity contribution in [2.24, 2.45) is 5.11 Å². The summed E-state index contributed by atoms with van der Waals surface area (Å²) in [5, 5.41) is 3.71. The lowest BCUT2D eigenvalue weighted by Gasteiger charge is -2.30. The van der Waals surface area contributed by atoms with E-state index in [1.807, 2.05) is 6.07 Å². The second-order valence-corrected chi connectivity index (χ2v) is 4.50. The molecule has 2 rings (SSSR count). The van der Waals surface area contributed by atoms with Gasteiger partial charge >= 0.3 is 0 Å². The van der Waals surface area contributed by atoms with Crippen molar-refractivity contribution >= 4 is 17.2 Å². The molecule has 1 aromatic carbocycles. The number of anilines is 1. The smallest absolute Gasteiger partial charge is 0.159 e. The number of piperidine rings is 1. The SMILES string of the molecule is CC(=O)c1ccc(N2CCCCC2)c(N=[N+]=[N-])c1. The Balaban J connectivity index is 2.39. The zero-order chi connectivity index (χ0) is 13.0. The van der Waals surface area contributed by atoms with Gasteiger partial charge in [-0.15, -0.1) is 0 Å². The zero-order valence-electron chi connectivity index (χ0n) is 10.5. The molecule has 0 atom stereocenters. The Hall–Kier alpha value is -2.00. The van der Waals surface area contributed by atoms with Crippen molar-refractivity contribution in [2.45, 2.75) is 26.2 Å². The molecule has 0 amide bonds. The molecule has 0 bridgehead atoms. The van der Waals surface area contributed by atoms with Crippen LogP contribution in [0.3, 0.4) is 0 Å². The predicted octanol–water partition coefficient (Wildman–Crippen LogP) is 3.82. The summed E-state index contributed by atoms with van der Waals surface area (Å²) in [7, 11) is 0. The Bertz CT molecular complexity index is 500. The van der Waals surface area contributed by atoms with Crippen molar-refractivity contribution in [2.75, 3.05) is 18.0 Å². The molecule has 1 heterocycles. The predicted molar refractivity (Wildman–Crippen MR) is 71.3 cm³/mol. The number of hydrogen-bond acceptors (Lipinski definition) is 3. The number of carbonyl (C=O) groups is 1. The first kappa shape index (κ1) is 12.5. The molecule has 5 heteroatoms. The number of ketones is 1. The molecule has 0 spiro atoms. The fraction of sp³-hybridized carbons (Fsp3) is 0.462. The molecule has 0 radical (unpaired) electrons. The van der Waals surface area contributed by atoms with E-state index in [2.05, 4.69) is 14.9 Å². The minimum atomic E-state index is -0.0189. The van der Waals surface area contributed by atoms with E-state index in [1.54, 1.807) is 12.1 Å². The number of carbonyl (C=O) groups excluding carboxylic acids is 1. The lowest BCUT2D eigenvalue weighted by atomic mass is 10.1. The Labute approximate surface area is 106 Å². The van der Waals surface area contributed by atoms with E-state index in [9.17, 15) is 4.79 Å². The number of hydrogen-bond donors (Lipinski definition) is 0. The van der Waals surface area contributed by atoms with Crippen LogP contribution in [0.25, 0.3) is 10.4 Å². The Kier molecular flexibility index (Phi) is 3.85. The molecule has 0 aromatic heterocycles. The molecule has 94 valence electrons. The minimum absolute atomic E-state index is 0.0189. The third-order valence-corrected chi connectivity index (χ3v) is 3.23. The van der Waals surface area contributed by atoms with Gasteiger partial charge in [-0.1, -0.05) is 5.11 Å². The summed E-state index contributed by atoms with van der Waals surface area (Å²) in [5.74, 6) is -0.0189. The summed E-state index contributed by atoms with van der Waals surface area (Å²) in [6.45, 7) is 3.47. The third-order valence-electron chi connectivity index (χ3n) is 3.23. The lowest BCUT2D eigenvalue weighted by Crippen LogP contribution is -2.29. The molecule has 18 heavy (non-hydrogen) atoms. The summed E-state index contributed by atoms with van der Waals surface area (Å²) in [6, 6.07) is 5.35. The van der Waals surface area contributed by atoms with Crippen LogP contribution in [0.1, 0.15) is 36.5 Å². The van der Waals surface area contributed by atoms with E-state index in [1.165, 1.54) is 13.3 Å². The van der Waals surface area contributed by atoms with E-state index in [0.717, 1.165) is 31.6 Å². The topological polar surface area (TPSA) is 69.1 Å². The average Bonchev–Trinajstić information content (AvgIpc) is 2.40. The fourth-order valence-corrected chi connectivity index (χ4v) is 2.27. The first-order chi connectivity index (χ1) is 8.72. The molecular formula is C13H16N4O. The van der Waals surface area contributed by atoms with Gasteiger partial charge in [-0.25, -0.2) is 0 Å². The van der Waals surface area contributed by atoms with Crippen LogP contribution in [0, 0.1) is 0 Å². The molecule has 0 unspecified atom stereocenters. The van der Waals surface area contributed by atoms with E-state index >= 15 is 0 Å². The molecule has 1 aliphatic rings. The normalized spacial score (nSPS) is 15.1. The van der Waals surface area contributed by atoms with Gasteiger partial charge in [-0.3, -0.25) is 4.79 Å². The maximum absolute atomic E-state index is 11.3. The second-order valence-electron chi connectivity index (χ2n) is 4.50. The van der Waals surface area contributed by atoms with Crippen LogP contribution in [0.2, 0.25) is 0 Å². The molecule has 0 N–H and O–H groups in total. The van der Waals surface area contributed by atoms with Gasteiger partial charge in [0.25, 0.3) is 0 Å². The van der Waals surface area contributed by atoms with Gasteiger partial charge in [0.1, 0.15) is 0 Å². The first-order valence-electron chi connectivity index (χ1n) is 6.17. The highest BCUT2D eigenvalue weighted by atomic mass is 16.1. The van der Waals surface area contributed by atoms with Crippen molar-refractivity contribution in [3.8, 4) is 0 Å². The van der Waals surface area contributed by atoms with Crippen LogP contribution in [0.4, 0.5) is 11.4 Å². The summed E-state index contributed by atoms with van der Waals surface area (Å²) in [4.78, 5) is 16.4. The second kappa shape index (κ2) is 5.56. The number of Topliss-reactive ketones (excluding diaryl/α,β-unsaturated/α-hetero) is 1. The third kappa shape index (κ3) is 2.63. The van der Waals surface area contributed by atoms with Crippen molar-refractivity contribution < 1.29 is 4.79 Å². The van der Waals surface area contributed by atoms with Gasteiger partial charge in [0.05, 0.1) is 5.69 Å². The largest absolute Gasteiger partial charge is 0.371 e. The van der Waals surface area contributed by atoms with Crippen molar-refractivity contribution in [1.82, 2.24) is 0 Å². The van der Waals surface area contributed by atoms with Gasteiger partial charge in [0.2, 0.25) is 0 Å². The molecule has 1 aromatic rings. The van der Waals surface area contributed by atoms with Crippen molar-refractivity contribution in [3.63, 3.8) is 0 Å². The van der Waals surface area contributed by atoms with E-state index in [0.29, 0.717) is 11.3 Å². The summed E-state index contributed by atoms with van der Waals surface area (Å²) < 4.78 is 0. The summed E-state index contributed by atoms with van der Waals surface area (Å²) in [5.41, 5.74) is 10.7. The van der Waals surface area contributed by atoms with E-state index in [-0.39, 0.29) is 5.78 Å². The Morgan fingerprint density at radius 2 is 2.06 bits per heavy atom. The van der Waals surface area contributed by atoms with E-state index in [4.69, 9.17) is 5.53 Å². The Morgan fingerprint density at radius 1 is 1.33 bits per heavy atom. The number of rotatable bonds is 3. The molecular weight excluding hydrogens is 228 g/mol. The van der Waals surface area contributed by atoms with Crippen LogP contribution in [0.5, 0.6) is 0 Å². The Morgan fingerprint density at radius 3 is 2.67 bits per heavy atom. The van der Waals surface area contributed by atoms with Gasteiger partial charge in [-0.2, -0.15) is 0 Å². The zero-order valence-corrected chi connectivity index (χ0v) is 10.5. The molecule has 1 aliphatic heterocycles. The van der Waals surface area contributed by atoms with Crippen LogP contribution in [0.15, 0.2) is 23.3 Å². The van der Waals surface area contributed by atoms with Crippen LogP contribution >= 0.6 is 0 Å².